The topological polar surface area (TPSA) is 34.2 Å². The van der Waals surface area contributed by atoms with E-state index in [1.807, 2.05) is 24.3 Å². The maximum atomic E-state index is 5.51. The second-order valence-electron chi connectivity index (χ2n) is 5.55. The van der Waals surface area contributed by atoms with Gasteiger partial charge in [0.1, 0.15) is 11.5 Å². The van der Waals surface area contributed by atoms with Crippen LogP contribution >= 0.6 is 0 Å². The monoisotopic (exact) mass is 307 g/mol. The van der Waals surface area contributed by atoms with Crippen LogP contribution in [0.4, 0.5) is 0 Å². The SMILES string of the molecule is COc1ccc(/C=C/[C@H](C)c2c[nH]c3cccc(OC)c23)cc1. The second kappa shape index (κ2) is 6.61. The van der Waals surface area contributed by atoms with Crippen LogP contribution in [-0.2, 0) is 0 Å². The number of rotatable bonds is 5. The van der Waals surface area contributed by atoms with Gasteiger partial charge in [0.05, 0.1) is 14.2 Å². The van der Waals surface area contributed by atoms with Gasteiger partial charge in [0, 0.05) is 23.0 Å². The molecule has 0 saturated carbocycles. The minimum Gasteiger partial charge on any atom is -0.497 e. The zero-order chi connectivity index (χ0) is 16.2. The average molecular weight is 307 g/mol. The van der Waals surface area contributed by atoms with Crippen LogP contribution in [-0.4, -0.2) is 19.2 Å². The molecule has 1 heterocycles. The van der Waals surface area contributed by atoms with Gasteiger partial charge in [-0.3, -0.25) is 0 Å². The van der Waals surface area contributed by atoms with Crippen LogP contribution in [0.3, 0.4) is 0 Å². The van der Waals surface area contributed by atoms with E-state index in [0.717, 1.165) is 28.0 Å². The van der Waals surface area contributed by atoms with Gasteiger partial charge in [0.2, 0.25) is 0 Å². The zero-order valence-corrected chi connectivity index (χ0v) is 13.7. The quantitative estimate of drug-likeness (QED) is 0.719. The van der Waals surface area contributed by atoms with Gasteiger partial charge < -0.3 is 14.5 Å². The number of hydrogen-bond acceptors (Lipinski definition) is 2. The van der Waals surface area contributed by atoms with Gasteiger partial charge in [-0.25, -0.2) is 0 Å². The van der Waals surface area contributed by atoms with Gasteiger partial charge in [-0.05, 0) is 35.4 Å². The number of benzene rings is 2. The predicted octanol–water partition coefficient (Wildman–Crippen LogP) is 5.00. The largest absolute Gasteiger partial charge is 0.497 e. The molecule has 1 N–H and O–H groups in total. The Kier molecular flexibility index (Phi) is 4.38. The van der Waals surface area contributed by atoms with E-state index < -0.39 is 0 Å². The summed E-state index contributed by atoms with van der Waals surface area (Å²) in [5, 5.41) is 1.15. The van der Waals surface area contributed by atoms with Gasteiger partial charge in [0.25, 0.3) is 0 Å². The number of aromatic amines is 1. The Morgan fingerprint density at radius 3 is 2.48 bits per heavy atom. The minimum atomic E-state index is 0.280. The lowest BCUT2D eigenvalue weighted by Gasteiger charge is -2.08. The van der Waals surface area contributed by atoms with Gasteiger partial charge in [-0.1, -0.05) is 37.3 Å². The van der Waals surface area contributed by atoms with Gasteiger partial charge in [0.15, 0.2) is 0 Å². The first-order valence-electron chi connectivity index (χ1n) is 7.69. The Bertz CT molecular complexity index is 815. The van der Waals surface area contributed by atoms with Crippen LogP contribution in [0, 0.1) is 0 Å². The molecule has 3 rings (SSSR count). The summed E-state index contributed by atoms with van der Waals surface area (Å²) in [5.74, 6) is 2.06. The lowest BCUT2D eigenvalue weighted by molar-refractivity contribution is 0.415. The number of nitrogens with one attached hydrogen (secondary N) is 1. The first kappa shape index (κ1) is 15.2. The van der Waals surface area contributed by atoms with E-state index in [4.69, 9.17) is 9.47 Å². The Balaban J connectivity index is 1.88. The fourth-order valence-corrected chi connectivity index (χ4v) is 2.78. The summed E-state index contributed by atoms with van der Waals surface area (Å²) in [5.41, 5.74) is 3.50. The fourth-order valence-electron chi connectivity index (χ4n) is 2.78. The standard InChI is InChI=1S/C20H21NO2/c1-14(7-8-15-9-11-16(22-2)12-10-15)17-13-21-18-5-4-6-19(23-3)20(17)18/h4-14,21H,1-3H3/b8-7+/t14-/m0/s1. The molecular formula is C20H21NO2. The van der Waals surface area contributed by atoms with E-state index in [1.54, 1.807) is 14.2 Å². The van der Waals surface area contributed by atoms with Crippen molar-refractivity contribution in [3.63, 3.8) is 0 Å². The molecule has 3 aromatic rings. The third-order valence-corrected chi connectivity index (χ3v) is 4.10. The van der Waals surface area contributed by atoms with E-state index in [-0.39, 0.29) is 5.92 Å². The average Bonchev–Trinajstić information content (AvgIpc) is 3.04. The van der Waals surface area contributed by atoms with Gasteiger partial charge >= 0.3 is 0 Å². The van der Waals surface area contributed by atoms with Crippen molar-refractivity contribution in [2.45, 2.75) is 12.8 Å². The van der Waals surface area contributed by atoms with Crippen LogP contribution in [0.15, 0.2) is 54.7 Å². The molecule has 0 aliphatic heterocycles. The van der Waals surface area contributed by atoms with Gasteiger partial charge in [-0.15, -0.1) is 0 Å². The summed E-state index contributed by atoms with van der Waals surface area (Å²) < 4.78 is 10.7. The Morgan fingerprint density at radius 2 is 1.78 bits per heavy atom. The number of H-pyrrole nitrogens is 1. The fraction of sp³-hybridized carbons (Fsp3) is 0.200. The van der Waals surface area contributed by atoms with E-state index >= 15 is 0 Å². The lowest BCUT2D eigenvalue weighted by atomic mass is 9.98. The van der Waals surface area contributed by atoms with E-state index in [9.17, 15) is 0 Å². The van der Waals surface area contributed by atoms with Crippen LogP contribution in [0.5, 0.6) is 11.5 Å². The molecule has 0 amide bonds. The van der Waals surface area contributed by atoms with Crippen molar-refractivity contribution in [1.82, 2.24) is 4.98 Å². The molecule has 0 bridgehead atoms. The number of methoxy groups -OCH3 is 2. The van der Waals surface area contributed by atoms with Crippen molar-refractivity contribution in [3.8, 4) is 11.5 Å². The zero-order valence-electron chi connectivity index (χ0n) is 13.7. The maximum Gasteiger partial charge on any atom is 0.128 e. The predicted molar refractivity (Wildman–Crippen MR) is 95.3 cm³/mol. The summed E-state index contributed by atoms with van der Waals surface area (Å²) in [6.07, 6.45) is 6.41. The summed E-state index contributed by atoms with van der Waals surface area (Å²) >= 11 is 0. The smallest absolute Gasteiger partial charge is 0.128 e. The third-order valence-electron chi connectivity index (χ3n) is 4.10. The van der Waals surface area contributed by atoms with Crippen molar-refractivity contribution >= 4 is 17.0 Å². The summed E-state index contributed by atoms with van der Waals surface area (Å²) in [7, 11) is 3.39. The number of allylic oxidation sites excluding steroid dienone is 1. The Hall–Kier alpha value is -2.68. The molecule has 118 valence electrons. The molecule has 0 spiro atoms. The first-order chi connectivity index (χ1) is 11.2. The van der Waals surface area contributed by atoms with Crippen molar-refractivity contribution in [1.29, 1.82) is 0 Å². The summed E-state index contributed by atoms with van der Waals surface area (Å²) in [6, 6.07) is 14.1. The molecule has 3 heteroatoms. The Morgan fingerprint density at radius 1 is 1.00 bits per heavy atom. The molecule has 0 fully saturated rings. The molecular weight excluding hydrogens is 286 g/mol. The molecule has 23 heavy (non-hydrogen) atoms. The van der Waals surface area contributed by atoms with Crippen molar-refractivity contribution in [2.24, 2.45) is 0 Å². The van der Waals surface area contributed by atoms with Crippen LogP contribution < -0.4 is 9.47 Å². The van der Waals surface area contributed by atoms with Gasteiger partial charge in [-0.2, -0.15) is 0 Å². The molecule has 0 aliphatic carbocycles. The second-order valence-corrected chi connectivity index (χ2v) is 5.55. The number of hydrogen-bond donors (Lipinski definition) is 1. The number of aromatic nitrogens is 1. The number of fused-ring (bicyclic) bond motifs is 1. The molecule has 1 atom stereocenters. The highest BCUT2D eigenvalue weighted by atomic mass is 16.5. The summed E-state index contributed by atoms with van der Waals surface area (Å²) in [4.78, 5) is 3.33. The van der Waals surface area contributed by atoms with E-state index in [2.05, 4.69) is 48.5 Å². The molecule has 0 unspecified atom stereocenters. The van der Waals surface area contributed by atoms with Crippen molar-refractivity contribution in [2.75, 3.05) is 14.2 Å². The highest BCUT2D eigenvalue weighted by molar-refractivity contribution is 5.90. The Labute approximate surface area is 136 Å². The molecule has 0 saturated heterocycles. The third kappa shape index (κ3) is 3.09. The molecule has 0 radical (unpaired) electrons. The highest BCUT2D eigenvalue weighted by Crippen LogP contribution is 2.33. The van der Waals surface area contributed by atoms with E-state index in [1.165, 1.54) is 5.56 Å². The minimum absolute atomic E-state index is 0.280. The van der Waals surface area contributed by atoms with E-state index in [0.29, 0.717) is 0 Å². The normalized spacial score (nSPS) is 12.7. The molecule has 0 aliphatic rings. The summed E-state index contributed by atoms with van der Waals surface area (Å²) in [6.45, 7) is 2.19. The van der Waals surface area contributed by atoms with Crippen LogP contribution in [0.1, 0.15) is 24.0 Å². The van der Waals surface area contributed by atoms with Crippen LogP contribution in [0.2, 0.25) is 0 Å². The maximum absolute atomic E-state index is 5.51. The number of ether oxygens (including phenoxy) is 2. The first-order valence-corrected chi connectivity index (χ1v) is 7.69. The molecule has 3 nitrogen and oxygen atoms in total. The highest BCUT2D eigenvalue weighted by Gasteiger charge is 2.12. The van der Waals surface area contributed by atoms with Crippen molar-refractivity contribution in [3.05, 3.63) is 65.9 Å². The van der Waals surface area contributed by atoms with Crippen molar-refractivity contribution < 1.29 is 9.47 Å². The lowest BCUT2D eigenvalue weighted by Crippen LogP contribution is -1.90. The molecule has 1 aromatic heterocycles. The van der Waals surface area contributed by atoms with Crippen LogP contribution in [0.25, 0.3) is 17.0 Å². The molecule has 2 aromatic carbocycles.